The normalized spacial score (nSPS) is 10.5. The lowest BCUT2D eigenvalue weighted by Gasteiger charge is -2.22. The van der Waals surface area contributed by atoms with Crippen molar-refractivity contribution >= 4 is 11.6 Å². The molecule has 0 saturated heterocycles. The van der Waals surface area contributed by atoms with Gasteiger partial charge in [-0.25, -0.2) is 10.2 Å². The SMILES string of the molecule is CCN(Cc1cc(C)c(C(=O)NN)o1)c1ccccc1F. The van der Waals surface area contributed by atoms with Crippen molar-refractivity contribution in [3.05, 3.63) is 53.2 Å². The number of hydrazine groups is 1. The lowest BCUT2D eigenvalue weighted by atomic mass is 10.2. The zero-order valence-corrected chi connectivity index (χ0v) is 12.0. The zero-order chi connectivity index (χ0) is 15.4. The summed E-state index contributed by atoms with van der Waals surface area (Å²) in [4.78, 5) is 13.4. The molecule has 0 saturated carbocycles. The number of nitrogens with two attached hydrogens (primary N) is 1. The molecule has 0 aliphatic carbocycles. The minimum Gasteiger partial charge on any atom is -0.454 e. The average Bonchev–Trinajstić information content (AvgIpc) is 2.85. The Kier molecular flexibility index (Phi) is 4.59. The number of nitrogens with zero attached hydrogens (tertiary/aromatic N) is 1. The molecule has 0 bridgehead atoms. The average molecular weight is 291 g/mol. The number of rotatable bonds is 5. The maximum Gasteiger partial charge on any atom is 0.301 e. The summed E-state index contributed by atoms with van der Waals surface area (Å²) in [6, 6.07) is 8.31. The fourth-order valence-corrected chi connectivity index (χ4v) is 2.18. The standard InChI is InChI=1S/C15H18FN3O2/c1-3-19(13-7-5-4-6-12(13)16)9-11-8-10(2)14(21-11)15(20)18-17/h4-8H,3,9,17H2,1-2H3,(H,18,20). The van der Waals surface area contributed by atoms with Gasteiger partial charge >= 0.3 is 5.91 Å². The number of nitrogens with one attached hydrogen (secondary N) is 1. The quantitative estimate of drug-likeness (QED) is 0.504. The van der Waals surface area contributed by atoms with Gasteiger partial charge in [0.2, 0.25) is 0 Å². The Labute approximate surface area is 122 Å². The second kappa shape index (κ2) is 6.41. The summed E-state index contributed by atoms with van der Waals surface area (Å²) in [6.07, 6.45) is 0. The van der Waals surface area contributed by atoms with Gasteiger partial charge in [0.05, 0.1) is 12.2 Å². The predicted molar refractivity (Wildman–Crippen MR) is 78.2 cm³/mol. The minimum absolute atomic E-state index is 0.178. The molecular weight excluding hydrogens is 273 g/mol. The highest BCUT2D eigenvalue weighted by Crippen LogP contribution is 2.22. The molecule has 3 N–H and O–H groups in total. The van der Waals surface area contributed by atoms with Crippen LogP contribution in [-0.2, 0) is 6.54 Å². The van der Waals surface area contributed by atoms with Gasteiger partial charge in [-0.3, -0.25) is 10.2 Å². The van der Waals surface area contributed by atoms with Gasteiger partial charge in [0.1, 0.15) is 11.6 Å². The van der Waals surface area contributed by atoms with Crippen molar-refractivity contribution in [2.24, 2.45) is 5.84 Å². The van der Waals surface area contributed by atoms with E-state index < -0.39 is 5.91 Å². The van der Waals surface area contributed by atoms with Gasteiger partial charge < -0.3 is 9.32 Å². The van der Waals surface area contributed by atoms with Gasteiger partial charge in [0.15, 0.2) is 5.76 Å². The molecule has 1 aromatic carbocycles. The molecule has 1 aromatic heterocycles. The topological polar surface area (TPSA) is 71.5 Å². The number of aryl methyl sites for hydroxylation is 1. The lowest BCUT2D eigenvalue weighted by Crippen LogP contribution is -2.30. The predicted octanol–water partition coefficient (Wildman–Crippen LogP) is 2.36. The van der Waals surface area contributed by atoms with Crippen molar-refractivity contribution in [2.75, 3.05) is 11.4 Å². The number of hydrogen-bond donors (Lipinski definition) is 2. The molecule has 6 heteroatoms. The number of benzene rings is 1. The van der Waals surface area contributed by atoms with Gasteiger partial charge in [0, 0.05) is 12.1 Å². The van der Waals surface area contributed by atoms with E-state index in [-0.39, 0.29) is 11.6 Å². The molecule has 0 aliphatic heterocycles. The highest BCUT2D eigenvalue weighted by molar-refractivity contribution is 5.92. The molecule has 0 atom stereocenters. The number of amides is 1. The van der Waals surface area contributed by atoms with Crippen LogP contribution >= 0.6 is 0 Å². The molecule has 0 aliphatic rings. The first kappa shape index (κ1) is 15.1. The van der Waals surface area contributed by atoms with Crippen LogP contribution in [-0.4, -0.2) is 12.5 Å². The van der Waals surface area contributed by atoms with Crippen LogP contribution in [0.25, 0.3) is 0 Å². The summed E-state index contributed by atoms with van der Waals surface area (Å²) in [5.41, 5.74) is 3.23. The van der Waals surface area contributed by atoms with Crippen molar-refractivity contribution in [3.63, 3.8) is 0 Å². The van der Waals surface area contributed by atoms with E-state index in [0.29, 0.717) is 30.1 Å². The Balaban J connectivity index is 2.24. The molecule has 2 aromatic rings. The third-order valence-corrected chi connectivity index (χ3v) is 3.23. The van der Waals surface area contributed by atoms with Gasteiger partial charge in [-0.1, -0.05) is 12.1 Å². The molecule has 1 heterocycles. The molecule has 0 spiro atoms. The van der Waals surface area contributed by atoms with Gasteiger partial charge in [-0.15, -0.1) is 0 Å². The van der Waals surface area contributed by atoms with Crippen molar-refractivity contribution in [3.8, 4) is 0 Å². The second-order valence-electron chi connectivity index (χ2n) is 4.66. The summed E-state index contributed by atoms with van der Waals surface area (Å²) >= 11 is 0. The number of carbonyl (C=O) groups is 1. The summed E-state index contributed by atoms with van der Waals surface area (Å²) in [5, 5.41) is 0. The number of para-hydroxylation sites is 1. The Bertz CT molecular complexity index is 640. The largest absolute Gasteiger partial charge is 0.454 e. The van der Waals surface area contributed by atoms with Crippen LogP contribution in [0.4, 0.5) is 10.1 Å². The maximum atomic E-state index is 13.8. The summed E-state index contributed by atoms with van der Waals surface area (Å²) in [5.74, 6) is 5.09. The van der Waals surface area contributed by atoms with Crippen LogP contribution in [0.15, 0.2) is 34.7 Å². The molecule has 2 rings (SSSR count). The highest BCUT2D eigenvalue weighted by Gasteiger charge is 2.17. The Morgan fingerprint density at radius 3 is 2.76 bits per heavy atom. The van der Waals surface area contributed by atoms with Crippen LogP contribution in [0.1, 0.15) is 28.8 Å². The lowest BCUT2D eigenvalue weighted by molar-refractivity contribution is 0.0923. The third kappa shape index (κ3) is 3.22. The van der Waals surface area contributed by atoms with E-state index in [2.05, 4.69) is 0 Å². The van der Waals surface area contributed by atoms with Crippen molar-refractivity contribution < 1.29 is 13.6 Å². The first-order valence-electron chi connectivity index (χ1n) is 6.66. The van der Waals surface area contributed by atoms with Crippen LogP contribution in [0.5, 0.6) is 0 Å². The van der Waals surface area contributed by atoms with E-state index in [0.717, 1.165) is 0 Å². The Morgan fingerprint density at radius 2 is 2.14 bits per heavy atom. The summed E-state index contributed by atoms with van der Waals surface area (Å²) in [6.45, 7) is 4.67. The Hall–Kier alpha value is -2.34. The number of carbonyl (C=O) groups excluding carboxylic acids is 1. The highest BCUT2D eigenvalue weighted by atomic mass is 19.1. The van der Waals surface area contributed by atoms with Crippen LogP contribution in [0.2, 0.25) is 0 Å². The van der Waals surface area contributed by atoms with E-state index in [9.17, 15) is 9.18 Å². The second-order valence-corrected chi connectivity index (χ2v) is 4.66. The number of hydrogen-bond acceptors (Lipinski definition) is 4. The van der Waals surface area contributed by atoms with Crippen LogP contribution < -0.4 is 16.2 Å². The molecule has 21 heavy (non-hydrogen) atoms. The Morgan fingerprint density at radius 1 is 1.43 bits per heavy atom. The molecule has 1 amide bonds. The zero-order valence-electron chi connectivity index (χ0n) is 12.0. The molecule has 112 valence electrons. The smallest absolute Gasteiger partial charge is 0.301 e. The van der Waals surface area contributed by atoms with Crippen molar-refractivity contribution in [1.29, 1.82) is 0 Å². The molecule has 0 radical (unpaired) electrons. The molecule has 5 nitrogen and oxygen atoms in total. The van der Waals surface area contributed by atoms with Gasteiger partial charge in [-0.2, -0.15) is 0 Å². The monoisotopic (exact) mass is 291 g/mol. The van der Waals surface area contributed by atoms with E-state index in [1.165, 1.54) is 6.07 Å². The summed E-state index contributed by atoms with van der Waals surface area (Å²) in [7, 11) is 0. The van der Waals surface area contributed by atoms with Crippen LogP contribution in [0.3, 0.4) is 0 Å². The molecule has 0 fully saturated rings. The van der Waals surface area contributed by atoms with E-state index in [1.54, 1.807) is 31.2 Å². The fourth-order valence-electron chi connectivity index (χ4n) is 2.18. The first-order valence-corrected chi connectivity index (χ1v) is 6.66. The van der Waals surface area contributed by atoms with Crippen molar-refractivity contribution in [2.45, 2.75) is 20.4 Å². The van der Waals surface area contributed by atoms with Crippen LogP contribution in [0, 0.1) is 12.7 Å². The first-order chi connectivity index (χ1) is 10.1. The number of anilines is 1. The third-order valence-electron chi connectivity index (χ3n) is 3.23. The number of halogens is 1. The van der Waals surface area contributed by atoms with E-state index >= 15 is 0 Å². The molecular formula is C15H18FN3O2. The van der Waals surface area contributed by atoms with Gasteiger partial charge in [-0.05, 0) is 32.0 Å². The fraction of sp³-hybridized carbons (Fsp3) is 0.267. The molecule has 0 unspecified atom stereocenters. The van der Waals surface area contributed by atoms with Gasteiger partial charge in [0.25, 0.3) is 0 Å². The number of nitrogen functional groups attached to an aromatic ring is 1. The minimum atomic E-state index is -0.479. The summed E-state index contributed by atoms with van der Waals surface area (Å²) < 4.78 is 19.3. The van der Waals surface area contributed by atoms with Crippen molar-refractivity contribution in [1.82, 2.24) is 5.43 Å². The van der Waals surface area contributed by atoms with E-state index in [4.69, 9.17) is 10.3 Å². The number of furan rings is 1. The van der Waals surface area contributed by atoms with E-state index in [1.807, 2.05) is 17.2 Å². The maximum absolute atomic E-state index is 13.8.